The zero-order chi connectivity index (χ0) is 11.9. The normalized spacial score (nSPS) is 21.3. The van der Waals surface area contributed by atoms with E-state index in [2.05, 4.69) is 10.6 Å². The van der Waals surface area contributed by atoms with Crippen molar-refractivity contribution in [3.8, 4) is 0 Å². The maximum atomic E-state index is 11.7. The molecule has 2 rings (SSSR count). The van der Waals surface area contributed by atoms with E-state index >= 15 is 0 Å². The van der Waals surface area contributed by atoms with Crippen LogP contribution in [0, 0.1) is 0 Å². The van der Waals surface area contributed by atoms with Crippen LogP contribution in [0.2, 0.25) is 0 Å². The summed E-state index contributed by atoms with van der Waals surface area (Å²) in [7, 11) is 0. The van der Waals surface area contributed by atoms with Gasteiger partial charge in [-0.2, -0.15) is 0 Å². The summed E-state index contributed by atoms with van der Waals surface area (Å²) >= 11 is 0. The summed E-state index contributed by atoms with van der Waals surface area (Å²) in [5.74, 6) is 0.634. The Labute approximate surface area is 101 Å². The molecule has 1 aliphatic rings. The fraction of sp³-hybridized carbons (Fsp3) is 0.462. The maximum absolute atomic E-state index is 11.7. The minimum atomic E-state index is -0.0601. The van der Waals surface area contributed by atoms with E-state index < -0.39 is 0 Å². The second-order valence-electron chi connectivity index (χ2n) is 4.25. The third-order valence-electron chi connectivity index (χ3n) is 2.84. The lowest BCUT2D eigenvalue weighted by molar-refractivity contribution is -0.117. The zero-order valence-corrected chi connectivity index (χ0v) is 9.82. The molecule has 0 spiro atoms. The van der Waals surface area contributed by atoms with Crippen molar-refractivity contribution < 1.29 is 9.21 Å². The number of hydrogen-bond donors (Lipinski definition) is 2. The van der Waals surface area contributed by atoms with Gasteiger partial charge in [-0.1, -0.05) is 6.42 Å². The van der Waals surface area contributed by atoms with Gasteiger partial charge in [0.25, 0.3) is 0 Å². The first-order chi connectivity index (χ1) is 8.34. The lowest BCUT2D eigenvalue weighted by Crippen LogP contribution is -2.40. The van der Waals surface area contributed by atoms with Gasteiger partial charge in [0.2, 0.25) is 5.91 Å². The summed E-state index contributed by atoms with van der Waals surface area (Å²) in [6.07, 6.45) is 8.19. The van der Waals surface area contributed by atoms with Crippen LogP contribution in [-0.4, -0.2) is 25.0 Å². The molecule has 0 radical (unpaired) electrons. The summed E-state index contributed by atoms with van der Waals surface area (Å²) in [4.78, 5) is 11.7. The molecule has 2 N–H and O–H groups in total. The number of furan rings is 1. The first kappa shape index (κ1) is 11.9. The van der Waals surface area contributed by atoms with Gasteiger partial charge in [0.05, 0.1) is 6.26 Å². The van der Waals surface area contributed by atoms with Crippen LogP contribution in [0.25, 0.3) is 6.08 Å². The summed E-state index contributed by atoms with van der Waals surface area (Å²) < 4.78 is 5.11. The minimum absolute atomic E-state index is 0.0601. The number of amides is 1. The van der Waals surface area contributed by atoms with E-state index in [9.17, 15) is 4.79 Å². The van der Waals surface area contributed by atoms with Crippen LogP contribution in [0.15, 0.2) is 28.9 Å². The Kier molecular flexibility index (Phi) is 4.38. The molecule has 1 fully saturated rings. The van der Waals surface area contributed by atoms with Crippen LogP contribution in [-0.2, 0) is 4.79 Å². The van der Waals surface area contributed by atoms with E-state index in [1.165, 1.54) is 18.9 Å². The van der Waals surface area contributed by atoms with E-state index in [1.54, 1.807) is 18.4 Å². The quantitative estimate of drug-likeness (QED) is 0.780. The Morgan fingerprint density at radius 2 is 2.47 bits per heavy atom. The highest BCUT2D eigenvalue weighted by Crippen LogP contribution is 2.05. The Bertz CT molecular complexity index is 363. The highest BCUT2D eigenvalue weighted by Gasteiger charge is 2.12. The van der Waals surface area contributed by atoms with Crippen LogP contribution >= 0.6 is 0 Å². The molecular weight excluding hydrogens is 216 g/mol. The van der Waals surface area contributed by atoms with Crippen molar-refractivity contribution in [2.24, 2.45) is 0 Å². The molecule has 1 aromatic heterocycles. The maximum Gasteiger partial charge on any atom is 0.244 e. The van der Waals surface area contributed by atoms with Gasteiger partial charge in [-0.3, -0.25) is 4.79 Å². The molecule has 92 valence electrons. The van der Waals surface area contributed by atoms with Gasteiger partial charge in [0.1, 0.15) is 5.76 Å². The van der Waals surface area contributed by atoms with E-state index in [4.69, 9.17) is 4.42 Å². The summed E-state index contributed by atoms with van der Waals surface area (Å²) in [5.41, 5.74) is 0. The Hall–Kier alpha value is -1.55. The average Bonchev–Trinajstić information content (AvgIpc) is 2.72. The Morgan fingerprint density at radius 3 is 3.29 bits per heavy atom. The SMILES string of the molecule is O=C(C=Cc1ccco1)NC1CCCCNC1. The van der Waals surface area contributed by atoms with Crippen molar-refractivity contribution >= 4 is 12.0 Å². The van der Waals surface area contributed by atoms with Crippen LogP contribution in [0.3, 0.4) is 0 Å². The molecule has 1 unspecified atom stereocenters. The van der Waals surface area contributed by atoms with Crippen LogP contribution in [0.5, 0.6) is 0 Å². The molecule has 4 heteroatoms. The molecule has 4 nitrogen and oxygen atoms in total. The van der Waals surface area contributed by atoms with Gasteiger partial charge in [-0.25, -0.2) is 0 Å². The molecule has 2 heterocycles. The van der Waals surface area contributed by atoms with Gasteiger partial charge in [-0.15, -0.1) is 0 Å². The third-order valence-corrected chi connectivity index (χ3v) is 2.84. The number of nitrogens with one attached hydrogen (secondary N) is 2. The number of hydrogen-bond acceptors (Lipinski definition) is 3. The lowest BCUT2D eigenvalue weighted by atomic mass is 10.1. The molecule has 1 atom stereocenters. The van der Waals surface area contributed by atoms with Gasteiger partial charge in [-0.05, 0) is 37.6 Å². The number of carbonyl (C=O) groups is 1. The molecule has 1 saturated heterocycles. The number of rotatable bonds is 3. The Balaban J connectivity index is 1.80. The van der Waals surface area contributed by atoms with Crippen molar-refractivity contribution in [2.75, 3.05) is 13.1 Å². The van der Waals surface area contributed by atoms with Gasteiger partial charge in [0, 0.05) is 18.7 Å². The second kappa shape index (κ2) is 6.25. The van der Waals surface area contributed by atoms with E-state index in [0.717, 1.165) is 19.5 Å². The molecule has 0 bridgehead atoms. The van der Waals surface area contributed by atoms with E-state index in [0.29, 0.717) is 5.76 Å². The van der Waals surface area contributed by atoms with Crippen molar-refractivity contribution in [2.45, 2.75) is 25.3 Å². The van der Waals surface area contributed by atoms with E-state index in [1.807, 2.05) is 6.07 Å². The van der Waals surface area contributed by atoms with Gasteiger partial charge in [0.15, 0.2) is 0 Å². The predicted molar refractivity (Wildman–Crippen MR) is 66.4 cm³/mol. The second-order valence-corrected chi connectivity index (χ2v) is 4.25. The van der Waals surface area contributed by atoms with Crippen molar-refractivity contribution in [3.63, 3.8) is 0 Å². The van der Waals surface area contributed by atoms with Crippen LogP contribution in [0.1, 0.15) is 25.0 Å². The van der Waals surface area contributed by atoms with Crippen molar-refractivity contribution in [1.82, 2.24) is 10.6 Å². The fourth-order valence-electron chi connectivity index (χ4n) is 1.94. The first-order valence-electron chi connectivity index (χ1n) is 6.07. The largest absolute Gasteiger partial charge is 0.465 e. The minimum Gasteiger partial charge on any atom is -0.465 e. The van der Waals surface area contributed by atoms with Crippen molar-refractivity contribution in [1.29, 1.82) is 0 Å². The molecule has 0 aromatic carbocycles. The van der Waals surface area contributed by atoms with E-state index in [-0.39, 0.29) is 11.9 Å². The molecule has 0 saturated carbocycles. The standard InChI is InChI=1S/C13H18N2O2/c16-13(7-6-12-5-3-9-17-12)15-11-4-1-2-8-14-10-11/h3,5-7,9,11,14H,1-2,4,8,10H2,(H,15,16). The van der Waals surface area contributed by atoms with Crippen LogP contribution in [0.4, 0.5) is 0 Å². The Morgan fingerprint density at radius 1 is 1.53 bits per heavy atom. The highest BCUT2D eigenvalue weighted by molar-refractivity contribution is 5.91. The smallest absolute Gasteiger partial charge is 0.244 e. The fourth-order valence-corrected chi connectivity index (χ4v) is 1.94. The summed E-state index contributed by atoms with van der Waals surface area (Å²) in [6, 6.07) is 3.86. The number of carbonyl (C=O) groups excluding carboxylic acids is 1. The van der Waals surface area contributed by atoms with Crippen molar-refractivity contribution in [3.05, 3.63) is 30.2 Å². The molecule has 1 aromatic rings. The third kappa shape index (κ3) is 4.07. The molecule has 0 aliphatic carbocycles. The highest BCUT2D eigenvalue weighted by atomic mass is 16.3. The monoisotopic (exact) mass is 234 g/mol. The molecular formula is C13H18N2O2. The van der Waals surface area contributed by atoms with Gasteiger partial charge < -0.3 is 15.1 Å². The molecule has 1 aliphatic heterocycles. The predicted octanol–water partition coefficient (Wildman–Crippen LogP) is 1.55. The first-order valence-corrected chi connectivity index (χ1v) is 6.07. The molecule has 1 amide bonds. The van der Waals surface area contributed by atoms with Crippen LogP contribution < -0.4 is 10.6 Å². The zero-order valence-electron chi connectivity index (χ0n) is 9.82. The average molecular weight is 234 g/mol. The van der Waals surface area contributed by atoms with Gasteiger partial charge >= 0.3 is 0 Å². The lowest BCUT2D eigenvalue weighted by Gasteiger charge is -2.14. The topological polar surface area (TPSA) is 54.3 Å². The molecule has 17 heavy (non-hydrogen) atoms. The summed E-state index contributed by atoms with van der Waals surface area (Å²) in [5, 5.41) is 6.31. The summed E-state index contributed by atoms with van der Waals surface area (Å²) in [6.45, 7) is 1.91.